The maximum absolute atomic E-state index is 5.93. The molecule has 0 saturated heterocycles. The third-order valence-electron chi connectivity index (χ3n) is 2.17. The van der Waals surface area contributed by atoms with Gasteiger partial charge in [0.15, 0.2) is 0 Å². The predicted octanol–water partition coefficient (Wildman–Crippen LogP) is 4.16. The maximum Gasteiger partial charge on any atom is 0.0410 e. The molecule has 0 amide bonds. The minimum Gasteiger partial charge on any atom is -0.310 e. The van der Waals surface area contributed by atoms with Gasteiger partial charge in [-0.25, -0.2) is 0 Å². The highest BCUT2D eigenvalue weighted by atomic mass is 79.9. The Morgan fingerprint density at radius 1 is 1.60 bits per heavy atom. The molecule has 82 valence electrons. The van der Waals surface area contributed by atoms with E-state index in [4.69, 9.17) is 11.6 Å². The van der Waals surface area contributed by atoms with E-state index in [0.29, 0.717) is 6.04 Å². The largest absolute Gasteiger partial charge is 0.310 e. The average molecular weight is 289 g/mol. The van der Waals surface area contributed by atoms with Gasteiger partial charge in [0.2, 0.25) is 0 Å². The Kier molecular flexibility index (Phi) is 5.37. The highest BCUT2D eigenvalue weighted by molar-refractivity contribution is 9.10. The number of nitrogens with one attached hydrogen (secondary N) is 1. The van der Waals surface area contributed by atoms with Crippen molar-refractivity contribution in [2.24, 2.45) is 0 Å². The summed E-state index contributed by atoms with van der Waals surface area (Å²) in [7, 11) is 0. The van der Waals surface area contributed by atoms with Crippen molar-refractivity contribution in [2.75, 3.05) is 0 Å². The average Bonchev–Trinajstić information content (AvgIpc) is 2.20. The van der Waals surface area contributed by atoms with Crippen LogP contribution in [0.2, 0.25) is 5.02 Å². The van der Waals surface area contributed by atoms with Crippen LogP contribution in [0.5, 0.6) is 0 Å². The number of benzene rings is 1. The van der Waals surface area contributed by atoms with Crippen LogP contribution in [0, 0.1) is 0 Å². The molecule has 3 heteroatoms. The van der Waals surface area contributed by atoms with E-state index in [1.807, 2.05) is 24.3 Å². The molecular weight excluding hydrogens is 273 g/mol. The van der Waals surface area contributed by atoms with Gasteiger partial charge in [-0.2, -0.15) is 0 Å². The van der Waals surface area contributed by atoms with Crippen LogP contribution >= 0.6 is 27.5 Å². The third kappa shape index (κ3) is 4.37. The van der Waals surface area contributed by atoms with Crippen molar-refractivity contribution in [2.45, 2.75) is 25.9 Å². The summed E-state index contributed by atoms with van der Waals surface area (Å²) in [5, 5.41) is 4.18. The standard InChI is InChI=1S/C12H15BrClN/c1-3-4-9(2)15-8-10-7-11(14)5-6-12(10)13/h3,5-7,9,15H,1,4,8H2,2H3. The molecule has 0 aromatic heterocycles. The van der Waals surface area contributed by atoms with Gasteiger partial charge in [-0.3, -0.25) is 0 Å². The molecule has 0 bridgehead atoms. The van der Waals surface area contributed by atoms with Gasteiger partial charge < -0.3 is 5.32 Å². The highest BCUT2D eigenvalue weighted by Crippen LogP contribution is 2.21. The maximum atomic E-state index is 5.93. The van der Waals surface area contributed by atoms with Crippen molar-refractivity contribution in [1.82, 2.24) is 5.32 Å². The van der Waals surface area contributed by atoms with Crippen molar-refractivity contribution in [3.8, 4) is 0 Å². The lowest BCUT2D eigenvalue weighted by Gasteiger charge is -2.12. The summed E-state index contributed by atoms with van der Waals surface area (Å²) < 4.78 is 1.09. The lowest BCUT2D eigenvalue weighted by atomic mass is 10.2. The van der Waals surface area contributed by atoms with Crippen LogP contribution in [0.4, 0.5) is 0 Å². The van der Waals surface area contributed by atoms with E-state index in [1.54, 1.807) is 0 Å². The quantitative estimate of drug-likeness (QED) is 0.802. The number of hydrogen-bond donors (Lipinski definition) is 1. The minimum absolute atomic E-state index is 0.438. The van der Waals surface area contributed by atoms with Crippen molar-refractivity contribution in [1.29, 1.82) is 0 Å². The summed E-state index contributed by atoms with van der Waals surface area (Å²) in [5.74, 6) is 0. The van der Waals surface area contributed by atoms with Gasteiger partial charge in [-0.1, -0.05) is 33.6 Å². The fourth-order valence-corrected chi connectivity index (χ4v) is 1.88. The zero-order valence-electron chi connectivity index (χ0n) is 8.76. The molecule has 15 heavy (non-hydrogen) atoms. The number of hydrogen-bond acceptors (Lipinski definition) is 1. The van der Waals surface area contributed by atoms with Gasteiger partial charge in [0.25, 0.3) is 0 Å². The van der Waals surface area contributed by atoms with Crippen LogP contribution in [0.15, 0.2) is 35.3 Å². The second kappa shape index (κ2) is 6.31. The van der Waals surface area contributed by atoms with E-state index in [2.05, 4.69) is 34.7 Å². The molecule has 0 heterocycles. The predicted molar refractivity (Wildman–Crippen MR) is 70.3 cm³/mol. The molecule has 1 rings (SSSR count). The Morgan fingerprint density at radius 3 is 3.00 bits per heavy atom. The zero-order valence-corrected chi connectivity index (χ0v) is 11.1. The first-order valence-corrected chi connectivity index (χ1v) is 6.08. The topological polar surface area (TPSA) is 12.0 Å². The smallest absolute Gasteiger partial charge is 0.0410 e. The fourth-order valence-electron chi connectivity index (χ4n) is 1.30. The Morgan fingerprint density at radius 2 is 2.33 bits per heavy atom. The first-order valence-electron chi connectivity index (χ1n) is 4.91. The van der Waals surface area contributed by atoms with Crippen molar-refractivity contribution in [3.05, 3.63) is 45.9 Å². The van der Waals surface area contributed by atoms with Gasteiger partial charge in [-0.15, -0.1) is 6.58 Å². The van der Waals surface area contributed by atoms with Crippen LogP contribution in [0.1, 0.15) is 18.9 Å². The minimum atomic E-state index is 0.438. The molecule has 1 unspecified atom stereocenters. The molecule has 0 aliphatic heterocycles. The molecule has 0 fully saturated rings. The summed E-state index contributed by atoms with van der Waals surface area (Å²) in [4.78, 5) is 0. The zero-order chi connectivity index (χ0) is 11.3. The third-order valence-corrected chi connectivity index (χ3v) is 3.18. The molecule has 1 aromatic carbocycles. The lowest BCUT2D eigenvalue weighted by Crippen LogP contribution is -2.24. The monoisotopic (exact) mass is 287 g/mol. The molecular formula is C12H15BrClN. The Labute approximate surface area is 105 Å². The summed E-state index contributed by atoms with van der Waals surface area (Å²) in [6.45, 7) is 6.67. The molecule has 0 radical (unpaired) electrons. The van der Waals surface area contributed by atoms with E-state index in [0.717, 1.165) is 22.5 Å². The van der Waals surface area contributed by atoms with Crippen molar-refractivity contribution < 1.29 is 0 Å². The number of rotatable bonds is 5. The molecule has 0 spiro atoms. The van der Waals surface area contributed by atoms with Crippen LogP contribution in [0.25, 0.3) is 0 Å². The molecule has 0 aliphatic carbocycles. The molecule has 0 saturated carbocycles. The Balaban J connectivity index is 2.56. The van der Waals surface area contributed by atoms with Crippen molar-refractivity contribution in [3.63, 3.8) is 0 Å². The van der Waals surface area contributed by atoms with Gasteiger partial charge >= 0.3 is 0 Å². The van der Waals surface area contributed by atoms with E-state index >= 15 is 0 Å². The van der Waals surface area contributed by atoms with E-state index in [-0.39, 0.29) is 0 Å². The van der Waals surface area contributed by atoms with Crippen LogP contribution < -0.4 is 5.32 Å². The van der Waals surface area contributed by atoms with Gasteiger partial charge in [0.05, 0.1) is 0 Å². The fraction of sp³-hybridized carbons (Fsp3) is 0.333. The van der Waals surface area contributed by atoms with E-state index < -0.39 is 0 Å². The van der Waals surface area contributed by atoms with Gasteiger partial charge in [0.1, 0.15) is 0 Å². The second-order valence-corrected chi connectivity index (χ2v) is 4.83. The normalized spacial score (nSPS) is 12.5. The lowest BCUT2D eigenvalue weighted by molar-refractivity contribution is 0.553. The van der Waals surface area contributed by atoms with E-state index in [9.17, 15) is 0 Å². The molecule has 1 nitrogen and oxygen atoms in total. The Bertz CT molecular complexity index is 338. The summed E-state index contributed by atoms with van der Waals surface area (Å²) in [6, 6.07) is 6.26. The van der Waals surface area contributed by atoms with Crippen LogP contribution in [-0.4, -0.2) is 6.04 Å². The van der Waals surface area contributed by atoms with Crippen LogP contribution in [0.3, 0.4) is 0 Å². The molecule has 0 aliphatic rings. The van der Waals surface area contributed by atoms with Gasteiger partial charge in [0, 0.05) is 22.1 Å². The number of halogens is 2. The SMILES string of the molecule is C=CCC(C)NCc1cc(Cl)ccc1Br. The first-order chi connectivity index (χ1) is 7.13. The highest BCUT2D eigenvalue weighted by Gasteiger charge is 2.03. The van der Waals surface area contributed by atoms with E-state index in [1.165, 1.54) is 5.56 Å². The summed E-state index contributed by atoms with van der Waals surface area (Å²) >= 11 is 9.43. The second-order valence-electron chi connectivity index (χ2n) is 3.54. The molecule has 1 atom stereocenters. The van der Waals surface area contributed by atoms with Crippen molar-refractivity contribution >= 4 is 27.5 Å². The van der Waals surface area contributed by atoms with Gasteiger partial charge in [-0.05, 0) is 37.1 Å². The van der Waals surface area contributed by atoms with Crippen LogP contribution in [-0.2, 0) is 6.54 Å². The first kappa shape index (κ1) is 12.8. The molecule has 1 aromatic rings. The summed E-state index contributed by atoms with van der Waals surface area (Å²) in [6.07, 6.45) is 2.89. The summed E-state index contributed by atoms with van der Waals surface area (Å²) in [5.41, 5.74) is 1.18. The Hall–Kier alpha value is -0.310. The molecule has 1 N–H and O–H groups in total.